The quantitative estimate of drug-likeness (QED) is 0.490. The van der Waals surface area contributed by atoms with Crippen LogP contribution >= 0.6 is 0 Å². The normalized spacial score (nSPS) is 12.2. The monoisotopic (exact) mass is 181 g/mol. The van der Waals surface area contributed by atoms with Crippen LogP contribution in [-0.2, 0) is 0 Å². The molecule has 0 heterocycles. The Morgan fingerprint density at radius 2 is 2.00 bits per heavy atom. The Morgan fingerprint density at radius 3 is 2.46 bits per heavy atom. The molecule has 0 fully saturated rings. The Labute approximate surface area is 82.9 Å². The molecule has 0 saturated heterocycles. The molecule has 13 heavy (non-hydrogen) atoms. The predicted molar refractivity (Wildman–Crippen MR) is 60.9 cm³/mol. The molecule has 0 aromatic heterocycles. The van der Waals surface area contributed by atoms with Gasteiger partial charge < -0.3 is 5.32 Å². The van der Waals surface area contributed by atoms with E-state index in [0.717, 1.165) is 19.4 Å². The maximum atomic E-state index is 3.90. The van der Waals surface area contributed by atoms with Gasteiger partial charge in [0.1, 0.15) is 0 Å². The molecule has 0 saturated carbocycles. The molecule has 0 bridgehead atoms. The van der Waals surface area contributed by atoms with E-state index in [4.69, 9.17) is 0 Å². The first-order chi connectivity index (χ1) is 6.02. The van der Waals surface area contributed by atoms with E-state index in [1.165, 1.54) is 11.1 Å². The fraction of sp³-hybridized carbons (Fsp3) is 0.667. The molecule has 0 amide bonds. The second kappa shape index (κ2) is 6.90. The second-order valence-corrected chi connectivity index (χ2v) is 4.08. The summed E-state index contributed by atoms with van der Waals surface area (Å²) in [5.74, 6) is 0. The molecule has 1 N–H and O–H groups in total. The summed E-state index contributed by atoms with van der Waals surface area (Å²) in [6, 6.07) is 0.592. The zero-order valence-corrected chi connectivity index (χ0v) is 9.48. The SMILES string of the molecule is C=C(C)CC(C)=CCCNC(C)C. The van der Waals surface area contributed by atoms with Gasteiger partial charge in [0, 0.05) is 6.04 Å². The average molecular weight is 181 g/mol. The van der Waals surface area contributed by atoms with Gasteiger partial charge in [-0.3, -0.25) is 0 Å². The summed E-state index contributed by atoms with van der Waals surface area (Å²) >= 11 is 0. The van der Waals surface area contributed by atoms with Crippen molar-refractivity contribution in [2.24, 2.45) is 0 Å². The number of hydrogen-bond acceptors (Lipinski definition) is 1. The van der Waals surface area contributed by atoms with Crippen LogP contribution in [0.1, 0.15) is 40.5 Å². The molecule has 0 atom stereocenters. The van der Waals surface area contributed by atoms with Crippen molar-refractivity contribution in [3.63, 3.8) is 0 Å². The van der Waals surface area contributed by atoms with Gasteiger partial charge in [-0.2, -0.15) is 0 Å². The number of rotatable bonds is 6. The van der Waals surface area contributed by atoms with Gasteiger partial charge in [-0.25, -0.2) is 0 Å². The van der Waals surface area contributed by atoms with Gasteiger partial charge in [-0.15, -0.1) is 0 Å². The summed E-state index contributed by atoms with van der Waals surface area (Å²) in [6.07, 6.45) is 4.46. The molecule has 0 unspecified atom stereocenters. The highest BCUT2D eigenvalue weighted by Crippen LogP contribution is 2.07. The molecule has 0 rings (SSSR count). The van der Waals surface area contributed by atoms with Gasteiger partial charge in [0.15, 0.2) is 0 Å². The Morgan fingerprint density at radius 1 is 1.38 bits per heavy atom. The maximum absolute atomic E-state index is 3.90. The van der Waals surface area contributed by atoms with E-state index in [9.17, 15) is 0 Å². The highest BCUT2D eigenvalue weighted by molar-refractivity contribution is 5.08. The summed E-state index contributed by atoms with van der Waals surface area (Å²) in [4.78, 5) is 0. The van der Waals surface area contributed by atoms with Crippen LogP contribution in [0.25, 0.3) is 0 Å². The van der Waals surface area contributed by atoms with Crippen molar-refractivity contribution >= 4 is 0 Å². The smallest absolute Gasteiger partial charge is 0.00105 e. The molecule has 0 aromatic carbocycles. The highest BCUT2D eigenvalue weighted by atomic mass is 14.9. The van der Waals surface area contributed by atoms with Crippen LogP contribution in [-0.4, -0.2) is 12.6 Å². The molecule has 0 aliphatic carbocycles. The lowest BCUT2D eigenvalue weighted by Gasteiger charge is -2.06. The Hall–Kier alpha value is -0.560. The van der Waals surface area contributed by atoms with Crippen molar-refractivity contribution in [3.05, 3.63) is 23.8 Å². The van der Waals surface area contributed by atoms with Gasteiger partial charge in [0.25, 0.3) is 0 Å². The van der Waals surface area contributed by atoms with Crippen LogP contribution in [0.15, 0.2) is 23.8 Å². The molecule has 0 aliphatic heterocycles. The zero-order chi connectivity index (χ0) is 10.3. The summed E-state index contributed by atoms with van der Waals surface area (Å²) in [6.45, 7) is 13.6. The predicted octanol–water partition coefficient (Wildman–Crippen LogP) is 3.29. The zero-order valence-electron chi connectivity index (χ0n) is 9.48. The van der Waals surface area contributed by atoms with Crippen molar-refractivity contribution in [2.75, 3.05) is 6.54 Å². The third kappa shape index (κ3) is 9.35. The van der Waals surface area contributed by atoms with Crippen molar-refractivity contribution in [1.29, 1.82) is 0 Å². The van der Waals surface area contributed by atoms with Crippen LogP contribution in [0.2, 0.25) is 0 Å². The minimum absolute atomic E-state index is 0.592. The molecule has 1 heteroatoms. The molecular formula is C12H23N. The van der Waals surface area contributed by atoms with E-state index < -0.39 is 0 Å². The van der Waals surface area contributed by atoms with E-state index in [1.54, 1.807) is 0 Å². The highest BCUT2D eigenvalue weighted by Gasteiger charge is 1.91. The van der Waals surface area contributed by atoms with Crippen LogP contribution in [0.4, 0.5) is 0 Å². The van der Waals surface area contributed by atoms with Crippen molar-refractivity contribution in [3.8, 4) is 0 Å². The van der Waals surface area contributed by atoms with Crippen molar-refractivity contribution in [2.45, 2.75) is 46.6 Å². The van der Waals surface area contributed by atoms with Crippen LogP contribution in [0, 0.1) is 0 Å². The fourth-order valence-corrected chi connectivity index (χ4v) is 1.24. The van der Waals surface area contributed by atoms with E-state index in [-0.39, 0.29) is 0 Å². The molecule has 0 aliphatic rings. The molecule has 0 spiro atoms. The summed E-state index contributed by atoms with van der Waals surface area (Å²) in [7, 11) is 0. The lowest BCUT2D eigenvalue weighted by molar-refractivity contribution is 0.594. The maximum Gasteiger partial charge on any atom is 0.00105 e. The van der Waals surface area contributed by atoms with Gasteiger partial charge in [0.2, 0.25) is 0 Å². The lowest BCUT2D eigenvalue weighted by Crippen LogP contribution is -2.23. The summed E-state index contributed by atoms with van der Waals surface area (Å²) < 4.78 is 0. The average Bonchev–Trinajstić information content (AvgIpc) is 1.96. The lowest BCUT2D eigenvalue weighted by atomic mass is 10.1. The van der Waals surface area contributed by atoms with E-state index in [0.29, 0.717) is 6.04 Å². The van der Waals surface area contributed by atoms with Gasteiger partial charge >= 0.3 is 0 Å². The van der Waals surface area contributed by atoms with Crippen LogP contribution in [0.5, 0.6) is 0 Å². The Bertz CT molecular complexity index is 178. The second-order valence-electron chi connectivity index (χ2n) is 4.08. The van der Waals surface area contributed by atoms with E-state index in [2.05, 4.69) is 45.7 Å². The van der Waals surface area contributed by atoms with Gasteiger partial charge in [-0.1, -0.05) is 37.6 Å². The third-order valence-electron chi connectivity index (χ3n) is 1.77. The van der Waals surface area contributed by atoms with Crippen molar-refractivity contribution < 1.29 is 0 Å². The Balaban J connectivity index is 3.53. The molecule has 0 aromatic rings. The van der Waals surface area contributed by atoms with Gasteiger partial charge in [0.05, 0.1) is 0 Å². The Kier molecular flexibility index (Phi) is 6.61. The molecular weight excluding hydrogens is 158 g/mol. The molecule has 0 radical (unpaired) electrons. The minimum atomic E-state index is 0.592. The summed E-state index contributed by atoms with van der Waals surface area (Å²) in [5, 5.41) is 3.39. The van der Waals surface area contributed by atoms with Crippen LogP contribution < -0.4 is 5.32 Å². The largest absolute Gasteiger partial charge is 0.314 e. The van der Waals surface area contributed by atoms with E-state index >= 15 is 0 Å². The standard InChI is InChI=1S/C12H23N/c1-10(2)9-12(5)7-6-8-13-11(3)4/h7,11,13H,1,6,8-9H2,2-5H3. The first kappa shape index (κ1) is 12.4. The fourth-order valence-electron chi connectivity index (χ4n) is 1.24. The minimum Gasteiger partial charge on any atom is -0.314 e. The van der Waals surface area contributed by atoms with Crippen LogP contribution in [0.3, 0.4) is 0 Å². The van der Waals surface area contributed by atoms with Gasteiger partial charge in [-0.05, 0) is 33.2 Å². The number of allylic oxidation sites excluding steroid dienone is 2. The summed E-state index contributed by atoms with van der Waals surface area (Å²) in [5.41, 5.74) is 2.67. The number of nitrogens with one attached hydrogen (secondary N) is 1. The van der Waals surface area contributed by atoms with Crippen molar-refractivity contribution in [1.82, 2.24) is 5.32 Å². The molecule has 76 valence electrons. The first-order valence-electron chi connectivity index (χ1n) is 5.05. The first-order valence-corrected chi connectivity index (χ1v) is 5.05. The van der Waals surface area contributed by atoms with E-state index in [1.807, 2.05) is 0 Å². The molecule has 1 nitrogen and oxygen atoms in total. The number of hydrogen-bond donors (Lipinski definition) is 1. The topological polar surface area (TPSA) is 12.0 Å². The third-order valence-corrected chi connectivity index (χ3v) is 1.77.